The van der Waals surface area contributed by atoms with Crippen LogP contribution in [0.1, 0.15) is 42.6 Å². The van der Waals surface area contributed by atoms with E-state index in [0.717, 1.165) is 11.8 Å². The molecule has 0 atom stereocenters. The summed E-state index contributed by atoms with van der Waals surface area (Å²) in [4.78, 5) is 13.1. The van der Waals surface area contributed by atoms with Crippen LogP contribution < -0.4 is 4.74 Å². The molecule has 0 N–H and O–H groups in total. The summed E-state index contributed by atoms with van der Waals surface area (Å²) in [6.45, 7) is 0. The van der Waals surface area contributed by atoms with Gasteiger partial charge in [0.25, 0.3) is 0 Å². The van der Waals surface area contributed by atoms with E-state index in [0.29, 0.717) is 23.3 Å². The van der Waals surface area contributed by atoms with Crippen molar-refractivity contribution in [2.24, 2.45) is 36.6 Å². The number of hydrogen-bond donors (Lipinski definition) is 0. The molecule has 4 nitrogen and oxygen atoms in total. The van der Waals surface area contributed by atoms with Crippen LogP contribution >= 0.6 is 0 Å². The summed E-state index contributed by atoms with van der Waals surface area (Å²) in [5.41, 5.74) is 0.671. The molecule has 4 fully saturated rings. The molecule has 0 spiro atoms. The molecule has 0 aliphatic heterocycles. The number of rotatable bonds is 3. The molecule has 1 heterocycles. The summed E-state index contributed by atoms with van der Waals surface area (Å²) in [6.07, 6.45) is 8.15. The molecule has 1 aromatic heterocycles. The Morgan fingerprint density at radius 1 is 1.20 bits per heavy atom. The van der Waals surface area contributed by atoms with Gasteiger partial charge >= 0.3 is 0 Å². The third-order valence-electron chi connectivity index (χ3n) is 5.89. The molecule has 1 aromatic rings. The topological polar surface area (TPSA) is 44.1 Å². The van der Waals surface area contributed by atoms with Crippen molar-refractivity contribution in [3.8, 4) is 5.75 Å². The van der Waals surface area contributed by atoms with Gasteiger partial charge < -0.3 is 4.74 Å². The Bertz CT molecular complexity index is 521. The molecule has 4 bridgehead atoms. The van der Waals surface area contributed by atoms with E-state index in [2.05, 4.69) is 5.10 Å². The van der Waals surface area contributed by atoms with Crippen LogP contribution in [-0.4, -0.2) is 22.7 Å². The van der Waals surface area contributed by atoms with Crippen molar-refractivity contribution in [3.05, 3.63) is 11.9 Å². The van der Waals surface area contributed by atoms with Crippen LogP contribution in [-0.2, 0) is 7.05 Å². The van der Waals surface area contributed by atoms with Gasteiger partial charge in [-0.3, -0.25) is 9.48 Å². The van der Waals surface area contributed by atoms with Gasteiger partial charge in [-0.2, -0.15) is 5.10 Å². The van der Waals surface area contributed by atoms with Crippen molar-refractivity contribution < 1.29 is 9.53 Å². The number of aryl methyl sites for hydroxylation is 1. The number of methoxy groups -OCH3 is 1. The van der Waals surface area contributed by atoms with Crippen LogP contribution in [0.5, 0.6) is 5.75 Å². The minimum Gasteiger partial charge on any atom is -0.493 e. The van der Waals surface area contributed by atoms with E-state index in [1.807, 2.05) is 7.05 Å². The Morgan fingerprint density at radius 2 is 1.80 bits per heavy atom. The minimum absolute atomic E-state index is 0.215. The van der Waals surface area contributed by atoms with Gasteiger partial charge in [0.05, 0.1) is 13.3 Å². The fraction of sp³-hybridized carbons (Fsp3) is 0.750. The standard InChI is InChI=1S/C16H22N2O2/c1-18-15(13(20-2)8-17-18)16(19)14-11-4-9-3-10(6-11)7-12(14)5-9/h8-12,14H,3-7H2,1-2H3. The van der Waals surface area contributed by atoms with Crippen LogP contribution in [0.25, 0.3) is 0 Å². The number of carbonyl (C=O) groups is 1. The third kappa shape index (κ3) is 1.66. The number of ether oxygens (including phenoxy) is 1. The van der Waals surface area contributed by atoms with Gasteiger partial charge in [-0.15, -0.1) is 0 Å². The van der Waals surface area contributed by atoms with Crippen LogP contribution in [0.2, 0.25) is 0 Å². The van der Waals surface area contributed by atoms with Gasteiger partial charge in [0.15, 0.2) is 11.5 Å². The molecule has 0 aromatic carbocycles. The summed E-state index contributed by atoms with van der Waals surface area (Å²) < 4.78 is 7.01. The average molecular weight is 274 g/mol. The zero-order chi connectivity index (χ0) is 13.9. The summed E-state index contributed by atoms with van der Waals surface area (Å²) in [5, 5.41) is 4.19. The fourth-order valence-corrected chi connectivity index (χ4v) is 5.36. The van der Waals surface area contributed by atoms with E-state index in [1.54, 1.807) is 18.0 Å². The highest BCUT2D eigenvalue weighted by atomic mass is 16.5. The molecule has 0 saturated heterocycles. The lowest BCUT2D eigenvalue weighted by Crippen LogP contribution is -2.48. The molecule has 4 heteroatoms. The largest absolute Gasteiger partial charge is 0.493 e. The molecule has 4 aliphatic rings. The van der Waals surface area contributed by atoms with E-state index in [1.165, 1.54) is 32.1 Å². The van der Waals surface area contributed by atoms with Crippen LogP contribution in [0.15, 0.2) is 6.20 Å². The molecule has 0 amide bonds. The maximum atomic E-state index is 13.1. The van der Waals surface area contributed by atoms with Crippen molar-refractivity contribution >= 4 is 5.78 Å². The Kier molecular flexibility index (Phi) is 2.69. The van der Waals surface area contributed by atoms with Gasteiger partial charge in [-0.25, -0.2) is 0 Å². The van der Waals surface area contributed by atoms with Crippen LogP contribution in [0, 0.1) is 29.6 Å². The van der Waals surface area contributed by atoms with Crippen LogP contribution in [0.4, 0.5) is 0 Å². The molecule has 20 heavy (non-hydrogen) atoms. The number of hydrogen-bond acceptors (Lipinski definition) is 3. The predicted octanol–water partition coefficient (Wildman–Crippen LogP) is 2.68. The van der Waals surface area contributed by atoms with Crippen molar-refractivity contribution in [2.75, 3.05) is 7.11 Å². The highest BCUT2D eigenvalue weighted by molar-refractivity contribution is 5.99. The molecule has 4 aliphatic carbocycles. The Balaban J connectivity index is 1.67. The maximum Gasteiger partial charge on any atom is 0.188 e. The summed E-state index contributed by atoms with van der Waals surface area (Å²) in [5.74, 6) is 4.13. The monoisotopic (exact) mass is 274 g/mol. The summed E-state index contributed by atoms with van der Waals surface area (Å²) in [6, 6.07) is 0. The first-order valence-corrected chi connectivity index (χ1v) is 7.77. The smallest absolute Gasteiger partial charge is 0.188 e. The lowest BCUT2D eigenvalue weighted by molar-refractivity contribution is -0.0255. The second-order valence-corrected chi connectivity index (χ2v) is 7.01. The normalized spacial score (nSPS) is 38.2. The lowest BCUT2D eigenvalue weighted by atomic mass is 9.51. The number of aromatic nitrogens is 2. The van der Waals surface area contributed by atoms with Crippen molar-refractivity contribution in [2.45, 2.75) is 32.1 Å². The van der Waals surface area contributed by atoms with E-state index in [9.17, 15) is 4.79 Å². The van der Waals surface area contributed by atoms with E-state index in [-0.39, 0.29) is 11.7 Å². The van der Waals surface area contributed by atoms with Crippen molar-refractivity contribution in [1.29, 1.82) is 0 Å². The lowest BCUT2D eigenvalue weighted by Gasteiger charge is -2.53. The SMILES string of the molecule is COc1cnn(C)c1C(=O)C1C2CC3CC(C2)CC1C3. The second-order valence-electron chi connectivity index (χ2n) is 7.01. The fourth-order valence-electron chi connectivity index (χ4n) is 5.36. The molecular formula is C16H22N2O2. The third-order valence-corrected chi connectivity index (χ3v) is 5.89. The predicted molar refractivity (Wildman–Crippen MR) is 74.6 cm³/mol. The summed E-state index contributed by atoms with van der Waals surface area (Å²) >= 11 is 0. The highest BCUT2D eigenvalue weighted by Crippen LogP contribution is 2.57. The number of ketones is 1. The molecular weight excluding hydrogens is 252 g/mol. The average Bonchev–Trinajstić information content (AvgIpc) is 2.78. The quantitative estimate of drug-likeness (QED) is 0.796. The van der Waals surface area contributed by atoms with Crippen molar-refractivity contribution in [1.82, 2.24) is 9.78 Å². The minimum atomic E-state index is 0.215. The number of carbonyl (C=O) groups excluding carboxylic acids is 1. The first kappa shape index (κ1) is 12.4. The summed E-state index contributed by atoms with van der Waals surface area (Å²) in [7, 11) is 3.45. The second kappa shape index (κ2) is 4.34. The molecule has 108 valence electrons. The van der Waals surface area contributed by atoms with Gasteiger partial charge in [0, 0.05) is 13.0 Å². The maximum absolute atomic E-state index is 13.1. The highest BCUT2D eigenvalue weighted by Gasteiger charge is 2.51. The van der Waals surface area contributed by atoms with Gasteiger partial charge in [0.2, 0.25) is 0 Å². The van der Waals surface area contributed by atoms with E-state index < -0.39 is 0 Å². The Labute approximate surface area is 119 Å². The van der Waals surface area contributed by atoms with Crippen LogP contribution in [0.3, 0.4) is 0 Å². The molecule has 0 radical (unpaired) electrons. The molecule has 5 rings (SSSR count). The molecule has 0 unspecified atom stereocenters. The zero-order valence-corrected chi connectivity index (χ0v) is 12.2. The first-order chi connectivity index (χ1) is 9.67. The van der Waals surface area contributed by atoms with Gasteiger partial charge in [-0.1, -0.05) is 0 Å². The Morgan fingerprint density at radius 3 is 2.35 bits per heavy atom. The van der Waals surface area contributed by atoms with E-state index in [4.69, 9.17) is 4.74 Å². The Hall–Kier alpha value is -1.32. The number of nitrogens with zero attached hydrogens (tertiary/aromatic N) is 2. The zero-order valence-electron chi connectivity index (χ0n) is 12.2. The number of Topliss-reactive ketones (excluding diaryl/α,β-unsaturated/α-hetero) is 1. The van der Waals surface area contributed by atoms with Crippen molar-refractivity contribution in [3.63, 3.8) is 0 Å². The molecule has 4 saturated carbocycles. The van der Waals surface area contributed by atoms with E-state index >= 15 is 0 Å². The van der Waals surface area contributed by atoms with Gasteiger partial charge in [-0.05, 0) is 55.8 Å². The first-order valence-electron chi connectivity index (χ1n) is 7.77. The van der Waals surface area contributed by atoms with Gasteiger partial charge in [0.1, 0.15) is 5.69 Å².